The number of nitrogens with one attached hydrogen (secondary N) is 2. The molecule has 0 unspecified atom stereocenters. The number of hydrogen-bond acceptors (Lipinski definition) is 6. The van der Waals surface area contributed by atoms with Crippen molar-refractivity contribution >= 4 is 23.2 Å². The molecule has 0 saturated heterocycles. The molecule has 2 aromatic carbocycles. The van der Waals surface area contributed by atoms with Crippen LogP contribution in [0.15, 0.2) is 54.6 Å². The van der Waals surface area contributed by atoms with Gasteiger partial charge in [0.15, 0.2) is 0 Å². The quantitative estimate of drug-likeness (QED) is 0.612. The van der Waals surface area contributed by atoms with E-state index in [-0.39, 0.29) is 17.7 Å². The Morgan fingerprint density at radius 1 is 0.966 bits per heavy atom. The van der Waals surface area contributed by atoms with Crippen LogP contribution in [0.3, 0.4) is 0 Å². The van der Waals surface area contributed by atoms with Gasteiger partial charge in [0.25, 0.3) is 5.91 Å². The van der Waals surface area contributed by atoms with E-state index in [1.165, 1.54) is 0 Å². The van der Waals surface area contributed by atoms with Gasteiger partial charge in [-0.15, -0.1) is 0 Å². The van der Waals surface area contributed by atoms with Gasteiger partial charge >= 0.3 is 0 Å². The van der Waals surface area contributed by atoms with Crippen molar-refractivity contribution in [3.8, 4) is 11.5 Å². The number of methoxy groups -OCH3 is 1. The van der Waals surface area contributed by atoms with Crippen molar-refractivity contribution in [3.05, 3.63) is 66.0 Å². The normalized spacial score (nSPS) is 10.5. The molecule has 0 bridgehead atoms. The molecule has 0 radical (unpaired) electrons. The molecule has 1 amide bonds. The average Bonchev–Trinajstić information content (AvgIpc) is 2.68. The smallest absolute Gasteiger partial charge is 0.274 e. The fraction of sp³-hybridized carbons (Fsp3) is 0.227. The van der Waals surface area contributed by atoms with Gasteiger partial charge in [-0.05, 0) is 63.2 Å². The molecule has 7 heteroatoms. The minimum absolute atomic E-state index is 0.0925. The average molecular weight is 392 g/mol. The first-order chi connectivity index (χ1) is 13.9. The maximum atomic E-state index is 12.7. The van der Waals surface area contributed by atoms with E-state index < -0.39 is 0 Å². The highest BCUT2D eigenvalue weighted by Gasteiger charge is 2.12. The summed E-state index contributed by atoms with van der Waals surface area (Å²) in [7, 11) is 1.60. The summed E-state index contributed by atoms with van der Waals surface area (Å²) in [5.74, 6) is 1.48. The summed E-state index contributed by atoms with van der Waals surface area (Å²) >= 11 is 0. The van der Waals surface area contributed by atoms with Crippen LogP contribution in [0.5, 0.6) is 11.5 Å². The van der Waals surface area contributed by atoms with E-state index in [4.69, 9.17) is 9.47 Å². The summed E-state index contributed by atoms with van der Waals surface area (Å²) in [5, 5.41) is 5.95. The molecule has 0 aliphatic carbocycles. The van der Waals surface area contributed by atoms with Gasteiger partial charge in [-0.1, -0.05) is 6.07 Å². The summed E-state index contributed by atoms with van der Waals surface area (Å²) in [6.45, 7) is 5.74. The number of benzene rings is 2. The third-order valence-corrected chi connectivity index (χ3v) is 3.90. The van der Waals surface area contributed by atoms with Crippen LogP contribution in [0.4, 0.5) is 17.3 Å². The van der Waals surface area contributed by atoms with Crippen LogP contribution in [0, 0.1) is 6.92 Å². The molecule has 3 aromatic rings. The SMILES string of the molecule is COc1cccc(Nc2nc(C)cc(C(=O)Nc3ccc(OC(C)C)cc3)n2)c1. The first-order valence-corrected chi connectivity index (χ1v) is 9.28. The Kier molecular flexibility index (Phi) is 6.29. The molecule has 150 valence electrons. The Bertz CT molecular complexity index is 988. The summed E-state index contributed by atoms with van der Waals surface area (Å²) in [4.78, 5) is 21.3. The number of rotatable bonds is 7. The lowest BCUT2D eigenvalue weighted by molar-refractivity contribution is 0.102. The number of nitrogens with zero attached hydrogens (tertiary/aromatic N) is 2. The molecule has 1 heterocycles. The second-order valence-electron chi connectivity index (χ2n) is 6.72. The van der Waals surface area contributed by atoms with Crippen LogP contribution < -0.4 is 20.1 Å². The molecule has 0 aliphatic rings. The molecule has 1 aromatic heterocycles. The van der Waals surface area contributed by atoms with Crippen LogP contribution in [0.2, 0.25) is 0 Å². The monoisotopic (exact) mass is 392 g/mol. The number of carbonyl (C=O) groups is 1. The molecule has 3 rings (SSSR count). The van der Waals surface area contributed by atoms with Crippen molar-refractivity contribution in [3.63, 3.8) is 0 Å². The molecule has 0 spiro atoms. The van der Waals surface area contributed by atoms with Crippen LogP contribution in [-0.2, 0) is 0 Å². The van der Waals surface area contributed by atoms with Gasteiger partial charge in [-0.25, -0.2) is 9.97 Å². The van der Waals surface area contributed by atoms with E-state index >= 15 is 0 Å². The van der Waals surface area contributed by atoms with Gasteiger partial charge in [0.2, 0.25) is 5.95 Å². The molecule has 7 nitrogen and oxygen atoms in total. The van der Waals surface area contributed by atoms with Crippen LogP contribution in [-0.4, -0.2) is 29.1 Å². The van der Waals surface area contributed by atoms with Gasteiger partial charge in [0.1, 0.15) is 17.2 Å². The number of ether oxygens (including phenoxy) is 2. The number of aryl methyl sites for hydroxylation is 1. The van der Waals surface area contributed by atoms with E-state index in [9.17, 15) is 4.79 Å². The Balaban J connectivity index is 1.73. The molecule has 0 atom stereocenters. The number of anilines is 3. The van der Waals surface area contributed by atoms with Crippen molar-refractivity contribution in [2.75, 3.05) is 17.7 Å². The van der Waals surface area contributed by atoms with Crippen molar-refractivity contribution in [2.45, 2.75) is 26.9 Å². The minimum Gasteiger partial charge on any atom is -0.497 e. The number of amides is 1. The largest absolute Gasteiger partial charge is 0.497 e. The fourth-order valence-electron chi connectivity index (χ4n) is 2.65. The predicted molar refractivity (Wildman–Crippen MR) is 113 cm³/mol. The van der Waals surface area contributed by atoms with Gasteiger partial charge in [-0.2, -0.15) is 0 Å². The predicted octanol–water partition coefficient (Wildman–Crippen LogP) is 4.58. The van der Waals surface area contributed by atoms with Gasteiger partial charge < -0.3 is 20.1 Å². The highest BCUT2D eigenvalue weighted by atomic mass is 16.5. The molecule has 29 heavy (non-hydrogen) atoms. The molecular formula is C22H24N4O3. The first-order valence-electron chi connectivity index (χ1n) is 9.28. The zero-order valence-corrected chi connectivity index (χ0v) is 16.9. The van der Waals surface area contributed by atoms with Gasteiger partial charge in [0.05, 0.1) is 13.2 Å². The Morgan fingerprint density at radius 2 is 1.72 bits per heavy atom. The van der Waals surface area contributed by atoms with Gasteiger partial charge in [-0.3, -0.25) is 4.79 Å². The summed E-state index contributed by atoms with van der Waals surface area (Å²) < 4.78 is 10.8. The molecule has 2 N–H and O–H groups in total. The first kappa shape index (κ1) is 20.1. The van der Waals surface area contributed by atoms with Crippen molar-refractivity contribution in [2.24, 2.45) is 0 Å². The molecular weight excluding hydrogens is 368 g/mol. The van der Waals surface area contributed by atoms with Crippen LogP contribution in [0.1, 0.15) is 30.0 Å². The van der Waals surface area contributed by atoms with Crippen molar-refractivity contribution in [1.82, 2.24) is 9.97 Å². The van der Waals surface area contributed by atoms with E-state index in [1.807, 2.05) is 57.2 Å². The maximum Gasteiger partial charge on any atom is 0.274 e. The second kappa shape index (κ2) is 9.05. The van der Waals surface area contributed by atoms with Crippen LogP contribution in [0.25, 0.3) is 0 Å². The Labute approximate surface area is 170 Å². The lowest BCUT2D eigenvalue weighted by Gasteiger charge is -2.11. The highest BCUT2D eigenvalue weighted by Crippen LogP contribution is 2.21. The minimum atomic E-state index is -0.318. The maximum absolute atomic E-state index is 12.7. The second-order valence-corrected chi connectivity index (χ2v) is 6.72. The van der Waals surface area contributed by atoms with Gasteiger partial charge in [0, 0.05) is 23.1 Å². The summed E-state index contributed by atoms with van der Waals surface area (Å²) in [6.07, 6.45) is 0.0925. The number of aromatic nitrogens is 2. The lowest BCUT2D eigenvalue weighted by Crippen LogP contribution is -2.15. The third-order valence-electron chi connectivity index (χ3n) is 3.90. The molecule has 0 aliphatic heterocycles. The standard InChI is InChI=1S/C22H24N4O3/c1-14(2)29-18-10-8-16(9-11-18)24-21(27)20-12-15(3)23-22(26-20)25-17-6-5-7-19(13-17)28-4/h5-14H,1-4H3,(H,24,27)(H,23,25,26). The molecule has 0 saturated carbocycles. The van der Waals surface area contributed by atoms with Crippen LogP contribution >= 0.6 is 0 Å². The van der Waals surface area contributed by atoms with E-state index in [2.05, 4.69) is 20.6 Å². The lowest BCUT2D eigenvalue weighted by atomic mass is 10.2. The Morgan fingerprint density at radius 3 is 2.41 bits per heavy atom. The zero-order chi connectivity index (χ0) is 20.8. The van der Waals surface area contributed by atoms with Crippen molar-refractivity contribution in [1.29, 1.82) is 0 Å². The fourth-order valence-corrected chi connectivity index (χ4v) is 2.65. The Hall–Kier alpha value is -3.61. The number of carbonyl (C=O) groups excluding carboxylic acids is 1. The zero-order valence-electron chi connectivity index (χ0n) is 16.9. The van der Waals surface area contributed by atoms with E-state index in [0.717, 1.165) is 11.4 Å². The summed E-state index contributed by atoms with van der Waals surface area (Å²) in [5.41, 5.74) is 2.37. The topological polar surface area (TPSA) is 85.4 Å². The van der Waals surface area contributed by atoms with E-state index in [1.54, 1.807) is 25.3 Å². The van der Waals surface area contributed by atoms with Crippen molar-refractivity contribution < 1.29 is 14.3 Å². The van der Waals surface area contributed by atoms with E-state index in [0.29, 0.717) is 23.1 Å². The number of hydrogen-bond donors (Lipinski definition) is 2. The highest BCUT2D eigenvalue weighted by molar-refractivity contribution is 6.03. The molecule has 0 fully saturated rings. The third kappa shape index (κ3) is 5.68. The summed E-state index contributed by atoms with van der Waals surface area (Å²) in [6, 6.07) is 16.3.